The minimum absolute atomic E-state index is 0.230. The first-order valence-corrected chi connectivity index (χ1v) is 10.2. The van der Waals surface area contributed by atoms with E-state index in [0.717, 1.165) is 0 Å². The van der Waals surface area contributed by atoms with Crippen molar-refractivity contribution in [3.8, 4) is 0 Å². The Morgan fingerprint density at radius 3 is 2.42 bits per heavy atom. The van der Waals surface area contributed by atoms with Gasteiger partial charge in [0.25, 0.3) is 0 Å². The minimum Gasteiger partial charge on any atom is -0.268 e. The molecule has 1 aromatic heterocycles. The average molecular weight is 366 g/mol. The molecule has 0 amide bonds. The van der Waals surface area contributed by atoms with Crippen LogP contribution in [0.5, 0.6) is 0 Å². The van der Waals surface area contributed by atoms with Crippen LogP contribution < -0.4 is 4.72 Å². The van der Waals surface area contributed by atoms with Crippen LogP contribution in [0.1, 0.15) is 48.9 Å². The summed E-state index contributed by atoms with van der Waals surface area (Å²) in [6.45, 7) is 0.891. The highest BCUT2D eigenvalue weighted by atomic mass is 35.5. The predicted octanol–water partition coefficient (Wildman–Crippen LogP) is 3.27. The summed E-state index contributed by atoms with van der Waals surface area (Å²) >= 11 is 5.81. The highest BCUT2D eigenvalue weighted by Crippen LogP contribution is 2.44. The number of aromatic nitrogens is 2. The van der Waals surface area contributed by atoms with Crippen molar-refractivity contribution in [2.24, 2.45) is 0 Å². The van der Waals surface area contributed by atoms with Gasteiger partial charge in [0.15, 0.2) is 0 Å². The summed E-state index contributed by atoms with van der Waals surface area (Å²) in [6.07, 6.45) is 4.88. The van der Waals surface area contributed by atoms with Crippen molar-refractivity contribution < 1.29 is 8.42 Å². The maximum atomic E-state index is 12.3. The molecule has 1 heterocycles. The first kappa shape index (κ1) is 16.1. The number of nitrogens with one attached hydrogen (secondary N) is 1. The van der Waals surface area contributed by atoms with Gasteiger partial charge in [-0.2, -0.15) is 5.10 Å². The Morgan fingerprint density at radius 1 is 1.12 bits per heavy atom. The molecule has 5 nitrogen and oxygen atoms in total. The lowest BCUT2D eigenvalue weighted by atomic mass is 10.2. The fourth-order valence-electron chi connectivity index (χ4n) is 2.90. The van der Waals surface area contributed by atoms with E-state index >= 15 is 0 Å². The standard InChI is InChI=1S/C17H20ClN3O2S/c18-14-5-7-15(8-6-14)24(22,23)19-9-10-21-17(13-3-4-13)11-16(20-21)12-1-2-12/h5-8,11-13,19H,1-4,9-10H2. The molecule has 0 radical (unpaired) electrons. The Bertz CT molecular complexity index is 837. The van der Waals surface area contributed by atoms with E-state index in [4.69, 9.17) is 16.7 Å². The second-order valence-electron chi connectivity index (χ2n) is 6.62. The van der Waals surface area contributed by atoms with Gasteiger partial charge in [0.05, 0.1) is 17.1 Å². The molecule has 128 valence electrons. The largest absolute Gasteiger partial charge is 0.268 e. The lowest BCUT2D eigenvalue weighted by molar-refractivity contribution is 0.548. The van der Waals surface area contributed by atoms with Crippen LogP contribution in [0.25, 0.3) is 0 Å². The summed E-state index contributed by atoms with van der Waals surface area (Å²) in [6, 6.07) is 8.41. The van der Waals surface area contributed by atoms with Gasteiger partial charge in [0, 0.05) is 29.1 Å². The summed E-state index contributed by atoms with van der Waals surface area (Å²) in [7, 11) is -3.51. The van der Waals surface area contributed by atoms with Crippen LogP contribution in [0.4, 0.5) is 0 Å². The molecule has 2 saturated carbocycles. The van der Waals surface area contributed by atoms with Gasteiger partial charge in [-0.25, -0.2) is 13.1 Å². The van der Waals surface area contributed by atoms with Gasteiger partial charge in [-0.1, -0.05) is 11.6 Å². The van der Waals surface area contributed by atoms with Crippen molar-refractivity contribution in [3.63, 3.8) is 0 Å². The number of benzene rings is 1. The average Bonchev–Trinajstić information content (AvgIpc) is 3.46. The Balaban J connectivity index is 1.42. The second kappa shape index (κ2) is 6.17. The van der Waals surface area contributed by atoms with Crippen LogP contribution in [-0.2, 0) is 16.6 Å². The normalized spacial score (nSPS) is 18.0. The van der Waals surface area contributed by atoms with Gasteiger partial charge in [-0.05, 0) is 56.0 Å². The number of halogens is 1. The van der Waals surface area contributed by atoms with E-state index in [2.05, 4.69) is 10.8 Å². The monoisotopic (exact) mass is 365 g/mol. The zero-order valence-electron chi connectivity index (χ0n) is 13.3. The Kier molecular flexibility index (Phi) is 4.14. The Labute approximate surface area is 147 Å². The highest BCUT2D eigenvalue weighted by Gasteiger charge is 2.32. The molecule has 2 fully saturated rings. The SMILES string of the molecule is O=S(=O)(NCCn1nc(C2CC2)cc1C1CC1)c1ccc(Cl)cc1. The molecule has 0 unspecified atom stereocenters. The third kappa shape index (κ3) is 3.50. The molecule has 0 saturated heterocycles. The maximum Gasteiger partial charge on any atom is 0.240 e. The first-order valence-electron chi connectivity index (χ1n) is 8.36. The third-order valence-electron chi connectivity index (χ3n) is 4.56. The number of hydrogen-bond donors (Lipinski definition) is 1. The molecule has 1 N–H and O–H groups in total. The van der Waals surface area contributed by atoms with Gasteiger partial charge < -0.3 is 0 Å². The molecule has 0 atom stereocenters. The lowest BCUT2D eigenvalue weighted by Crippen LogP contribution is -2.28. The number of hydrogen-bond acceptors (Lipinski definition) is 3. The Morgan fingerprint density at radius 2 is 1.79 bits per heavy atom. The van der Waals surface area contributed by atoms with E-state index in [9.17, 15) is 8.42 Å². The fourth-order valence-corrected chi connectivity index (χ4v) is 4.05. The molecule has 2 aliphatic rings. The van der Waals surface area contributed by atoms with Crippen molar-refractivity contribution in [3.05, 3.63) is 46.7 Å². The topological polar surface area (TPSA) is 64.0 Å². The molecule has 24 heavy (non-hydrogen) atoms. The van der Waals surface area contributed by atoms with Gasteiger partial charge in [-0.15, -0.1) is 0 Å². The summed E-state index contributed by atoms with van der Waals surface area (Å²) in [5, 5.41) is 5.22. The smallest absolute Gasteiger partial charge is 0.240 e. The molecule has 0 bridgehead atoms. The van der Waals surface area contributed by atoms with Gasteiger partial charge >= 0.3 is 0 Å². The van der Waals surface area contributed by atoms with Gasteiger partial charge in [0.2, 0.25) is 10.0 Å². The Hall–Kier alpha value is -1.37. The molecule has 2 aromatic rings. The van der Waals surface area contributed by atoms with E-state index in [1.807, 2.05) is 4.68 Å². The van der Waals surface area contributed by atoms with E-state index < -0.39 is 10.0 Å². The van der Waals surface area contributed by atoms with Crippen molar-refractivity contribution in [1.82, 2.24) is 14.5 Å². The number of sulfonamides is 1. The van der Waals surface area contributed by atoms with Crippen molar-refractivity contribution in [1.29, 1.82) is 0 Å². The van der Waals surface area contributed by atoms with Gasteiger partial charge in [0.1, 0.15) is 0 Å². The summed E-state index contributed by atoms with van der Waals surface area (Å²) < 4.78 is 29.3. The number of nitrogens with zero attached hydrogens (tertiary/aromatic N) is 2. The van der Waals surface area contributed by atoms with E-state index in [0.29, 0.717) is 29.9 Å². The van der Waals surface area contributed by atoms with E-state index in [1.165, 1.54) is 49.2 Å². The highest BCUT2D eigenvalue weighted by molar-refractivity contribution is 7.89. The third-order valence-corrected chi connectivity index (χ3v) is 6.29. The van der Waals surface area contributed by atoms with E-state index in [-0.39, 0.29) is 4.90 Å². The zero-order valence-corrected chi connectivity index (χ0v) is 14.9. The second-order valence-corrected chi connectivity index (χ2v) is 8.82. The summed E-state index contributed by atoms with van der Waals surface area (Å²) in [5.41, 5.74) is 2.44. The molecule has 0 spiro atoms. The van der Waals surface area contributed by atoms with Crippen LogP contribution in [0.2, 0.25) is 5.02 Å². The number of rotatable bonds is 7. The summed E-state index contributed by atoms with van der Waals surface area (Å²) in [4.78, 5) is 0.230. The zero-order chi connectivity index (χ0) is 16.7. The molecular weight excluding hydrogens is 346 g/mol. The van der Waals surface area contributed by atoms with Crippen LogP contribution >= 0.6 is 11.6 Å². The van der Waals surface area contributed by atoms with Crippen molar-refractivity contribution >= 4 is 21.6 Å². The van der Waals surface area contributed by atoms with Crippen LogP contribution in [0.15, 0.2) is 35.2 Å². The van der Waals surface area contributed by atoms with Crippen molar-refractivity contribution in [2.75, 3.05) is 6.54 Å². The van der Waals surface area contributed by atoms with Crippen LogP contribution in [0, 0.1) is 0 Å². The van der Waals surface area contributed by atoms with Crippen molar-refractivity contribution in [2.45, 2.75) is 49.0 Å². The predicted molar refractivity (Wildman–Crippen MR) is 92.8 cm³/mol. The molecule has 2 aliphatic carbocycles. The molecule has 1 aromatic carbocycles. The van der Waals surface area contributed by atoms with Crippen LogP contribution in [-0.4, -0.2) is 24.7 Å². The quantitative estimate of drug-likeness (QED) is 0.819. The van der Waals surface area contributed by atoms with Crippen LogP contribution in [0.3, 0.4) is 0 Å². The fraction of sp³-hybridized carbons (Fsp3) is 0.471. The van der Waals surface area contributed by atoms with Gasteiger partial charge in [-0.3, -0.25) is 4.68 Å². The molecular formula is C17H20ClN3O2S. The maximum absolute atomic E-state index is 12.3. The van der Waals surface area contributed by atoms with E-state index in [1.54, 1.807) is 12.1 Å². The minimum atomic E-state index is -3.51. The molecule has 7 heteroatoms. The first-order chi connectivity index (χ1) is 11.5. The molecule has 0 aliphatic heterocycles. The molecule has 4 rings (SSSR count). The lowest BCUT2D eigenvalue weighted by Gasteiger charge is -2.09. The summed E-state index contributed by atoms with van der Waals surface area (Å²) in [5.74, 6) is 1.23.